The van der Waals surface area contributed by atoms with Gasteiger partial charge in [-0.25, -0.2) is 0 Å². The van der Waals surface area contributed by atoms with Crippen molar-refractivity contribution in [3.63, 3.8) is 0 Å². The molecular formula is C8H13NO. The summed E-state index contributed by atoms with van der Waals surface area (Å²) in [6.45, 7) is 2.50. The molecule has 1 fully saturated rings. The molecule has 0 saturated carbocycles. The molecule has 0 aromatic carbocycles. The summed E-state index contributed by atoms with van der Waals surface area (Å²) >= 11 is 0. The fourth-order valence-corrected chi connectivity index (χ4v) is 1.12. The topological polar surface area (TPSA) is 12.5 Å². The average molecular weight is 139 g/mol. The Kier molecular flexibility index (Phi) is 3.28. The maximum absolute atomic E-state index is 5.23. The van der Waals surface area contributed by atoms with Gasteiger partial charge in [-0.2, -0.15) is 5.06 Å². The van der Waals surface area contributed by atoms with E-state index in [1.54, 1.807) is 0 Å². The summed E-state index contributed by atoms with van der Waals surface area (Å²) in [5, 5.41) is 1.96. The Hall–Kier alpha value is -0.520. The molecule has 0 amide bonds. The van der Waals surface area contributed by atoms with Crippen molar-refractivity contribution in [2.24, 2.45) is 0 Å². The third-order valence-corrected chi connectivity index (χ3v) is 1.65. The summed E-state index contributed by atoms with van der Waals surface area (Å²) in [6.07, 6.45) is 8.85. The first-order valence-corrected chi connectivity index (χ1v) is 3.75. The van der Waals surface area contributed by atoms with Crippen molar-refractivity contribution in [1.82, 2.24) is 5.06 Å². The van der Waals surface area contributed by atoms with Crippen molar-refractivity contribution in [2.75, 3.05) is 19.7 Å². The molecule has 0 unspecified atom stereocenters. The van der Waals surface area contributed by atoms with Gasteiger partial charge in [0.05, 0.1) is 0 Å². The predicted molar refractivity (Wildman–Crippen MR) is 40.2 cm³/mol. The Balaban J connectivity index is 2.09. The van der Waals surface area contributed by atoms with Gasteiger partial charge in [-0.15, -0.1) is 6.42 Å². The van der Waals surface area contributed by atoms with Crippen LogP contribution in [0.1, 0.15) is 19.3 Å². The van der Waals surface area contributed by atoms with Crippen LogP contribution in [0.3, 0.4) is 0 Å². The molecular weight excluding hydrogens is 126 g/mol. The van der Waals surface area contributed by atoms with Crippen molar-refractivity contribution in [3.05, 3.63) is 0 Å². The zero-order chi connectivity index (χ0) is 7.23. The summed E-state index contributed by atoms with van der Waals surface area (Å²) in [7, 11) is 0. The van der Waals surface area contributed by atoms with Crippen LogP contribution in [-0.2, 0) is 4.84 Å². The van der Waals surface area contributed by atoms with Crippen molar-refractivity contribution in [1.29, 1.82) is 0 Å². The average Bonchev–Trinajstić information content (AvgIpc) is 2.03. The number of hydrogen-bond acceptors (Lipinski definition) is 2. The van der Waals surface area contributed by atoms with Crippen molar-refractivity contribution in [2.45, 2.75) is 19.3 Å². The molecule has 1 aliphatic rings. The van der Waals surface area contributed by atoms with E-state index < -0.39 is 0 Å². The molecule has 2 nitrogen and oxygen atoms in total. The molecule has 10 heavy (non-hydrogen) atoms. The van der Waals surface area contributed by atoms with Crippen LogP contribution in [0.5, 0.6) is 0 Å². The first kappa shape index (κ1) is 7.59. The Morgan fingerprint density at radius 1 is 1.30 bits per heavy atom. The summed E-state index contributed by atoms with van der Waals surface area (Å²) in [6, 6.07) is 0. The molecule has 1 aliphatic heterocycles. The highest BCUT2D eigenvalue weighted by Crippen LogP contribution is 2.07. The minimum Gasteiger partial charge on any atom is -0.286 e. The lowest BCUT2D eigenvalue weighted by molar-refractivity contribution is -0.155. The minimum atomic E-state index is 0.417. The molecule has 56 valence electrons. The summed E-state index contributed by atoms with van der Waals surface area (Å²) in [4.78, 5) is 5.23. The first-order chi connectivity index (χ1) is 4.93. The van der Waals surface area contributed by atoms with Crippen LogP contribution in [0.4, 0.5) is 0 Å². The van der Waals surface area contributed by atoms with Crippen molar-refractivity contribution < 1.29 is 4.84 Å². The van der Waals surface area contributed by atoms with Gasteiger partial charge in [-0.05, 0) is 12.8 Å². The van der Waals surface area contributed by atoms with Gasteiger partial charge in [0, 0.05) is 13.1 Å². The van der Waals surface area contributed by atoms with E-state index >= 15 is 0 Å². The van der Waals surface area contributed by atoms with Crippen molar-refractivity contribution in [3.8, 4) is 12.3 Å². The van der Waals surface area contributed by atoms with E-state index in [4.69, 9.17) is 11.3 Å². The molecule has 0 spiro atoms. The van der Waals surface area contributed by atoms with Crippen LogP contribution in [0.2, 0.25) is 0 Å². The number of terminal acetylenes is 1. The van der Waals surface area contributed by atoms with Gasteiger partial charge in [0.25, 0.3) is 0 Å². The zero-order valence-electron chi connectivity index (χ0n) is 6.18. The maximum Gasteiger partial charge on any atom is 0.129 e. The fourth-order valence-electron chi connectivity index (χ4n) is 1.12. The molecule has 0 N–H and O–H groups in total. The van der Waals surface area contributed by atoms with E-state index in [1.807, 2.05) is 5.06 Å². The van der Waals surface area contributed by atoms with E-state index in [-0.39, 0.29) is 0 Å². The molecule has 0 aromatic rings. The Bertz CT molecular complexity index is 122. The fraction of sp³-hybridized carbons (Fsp3) is 0.750. The largest absolute Gasteiger partial charge is 0.286 e. The number of hydrogen-bond donors (Lipinski definition) is 0. The second-order valence-electron chi connectivity index (χ2n) is 2.47. The van der Waals surface area contributed by atoms with Gasteiger partial charge >= 0.3 is 0 Å². The van der Waals surface area contributed by atoms with Gasteiger partial charge in [-0.3, -0.25) is 4.84 Å². The summed E-state index contributed by atoms with van der Waals surface area (Å²) in [5.74, 6) is 2.45. The minimum absolute atomic E-state index is 0.417. The number of nitrogens with zero attached hydrogens (tertiary/aromatic N) is 1. The van der Waals surface area contributed by atoms with E-state index in [0.29, 0.717) is 6.61 Å². The SMILES string of the molecule is C#CCON1CCCCC1. The number of rotatable bonds is 2. The van der Waals surface area contributed by atoms with Crippen LogP contribution in [0.15, 0.2) is 0 Å². The number of piperidine rings is 1. The highest BCUT2D eigenvalue weighted by molar-refractivity contribution is 4.82. The third kappa shape index (κ3) is 2.38. The molecule has 0 atom stereocenters. The number of hydroxylamine groups is 2. The van der Waals surface area contributed by atoms with Gasteiger partial charge in [-0.1, -0.05) is 12.3 Å². The van der Waals surface area contributed by atoms with E-state index in [0.717, 1.165) is 13.1 Å². The molecule has 2 heteroatoms. The van der Waals surface area contributed by atoms with Crippen LogP contribution < -0.4 is 0 Å². The molecule has 1 saturated heterocycles. The van der Waals surface area contributed by atoms with Crippen LogP contribution in [0.25, 0.3) is 0 Å². The molecule has 0 aromatic heterocycles. The first-order valence-electron chi connectivity index (χ1n) is 3.75. The van der Waals surface area contributed by atoms with Crippen LogP contribution in [0, 0.1) is 12.3 Å². The molecule has 0 bridgehead atoms. The quantitative estimate of drug-likeness (QED) is 0.530. The highest BCUT2D eigenvalue weighted by Gasteiger charge is 2.08. The second-order valence-corrected chi connectivity index (χ2v) is 2.47. The van der Waals surface area contributed by atoms with Gasteiger partial charge in [0.1, 0.15) is 6.61 Å². The Morgan fingerprint density at radius 2 is 2.00 bits per heavy atom. The van der Waals surface area contributed by atoms with Crippen molar-refractivity contribution >= 4 is 0 Å². The van der Waals surface area contributed by atoms with Gasteiger partial charge in [0.2, 0.25) is 0 Å². The molecule has 1 heterocycles. The molecule has 0 aliphatic carbocycles. The monoisotopic (exact) mass is 139 g/mol. The maximum atomic E-state index is 5.23. The lowest BCUT2D eigenvalue weighted by Gasteiger charge is -2.24. The third-order valence-electron chi connectivity index (χ3n) is 1.65. The van der Waals surface area contributed by atoms with E-state index in [9.17, 15) is 0 Å². The zero-order valence-corrected chi connectivity index (χ0v) is 6.18. The standard InChI is InChI=1S/C8H13NO/c1-2-8-10-9-6-4-3-5-7-9/h1H,3-8H2. The second kappa shape index (κ2) is 4.32. The highest BCUT2D eigenvalue weighted by atomic mass is 16.7. The molecule has 1 rings (SSSR count). The van der Waals surface area contributed by atoms with Crippen LogP contribution >= 0.6 is 0 Å². The van der Waals surface area contributed by atoms with Gasteiger partial charge in [0.15, 0.2) is 0 Å². The Labute approximate surface area is 62.1 Å². The van der Waals surface area contributed by atoms with Crippen LogP contribution in [-0.4, -0.2) is 24.8 Å². The predicted octanol–water partition coefficient (Wildman–Crippen LogP) is 1.04. The lowest BCUT2D eigenvalue weighted by Crippen LogP contribution is -2.29. The van der Waals surface area contributed by atoms with E-state index in [2.05, 4.69) is 5.92 Å². The smallest absolute Gasteiger partial charge is 0.129 e. The summed E-state index contributed by atoms with van der Waals surface area (Å²) in [5.41, 5.74) is 0. The Morgan fingerprint density at radius 3 is 2.60 bits per heavy atom. The normalized spacial score (nSPS) is 20.3. The summed E-state index contributed by atoms with van der Waals surface area (Å²) < 4.78 is 0. The van der Waals surface area contributed by atoms with E-state index in [1.165, 1.54) is 19.3 Å². The molecule has 0 radical (unpaired) electrons. The van der Waals surface area contributed by atoms with Gasteiger partial charge < -0.3 is 0 Å². The lowest BCUT2D eigenvalue weighted by atomic mass is 10.2.